The number of benzene rings is 1. The average Bonchev–Trinajstić information content (AvgIpc) is 2.90. The van der Waals surface area contributed by atoms with Gasteiger partial charge in [-0.25, -0.2) is 9.59 Å². The molecule has 1 saturated heterocycles. The minimum Gasteiger partial charge on any atom is -0.419 e. The molecule has 1 aromatic rings. The number of hydrogen-bond acceptors (Lipinski definition) is 6. The molecule has 7 nitrogen and oxygen atoms in total. The third kappa shape index (κ3) is 2.84. The Hall–Kier alpha value is -2.83. The summed E-state index contributed by atoms with van der Waals surface area (Å²) in [6.07, 6.45) is 2.02. The van der Waals surface area contributed by atoms with E-state index in [-0.39, 0.29) is 11.5 Å². The number of cyclic esters (lactones) is 2. The molecule has 2 aliphatic heterocycles. The van der Waals surface area contributed by atoms with Crippen LogP contribution >= 0.6 is 0 Å². The van der Waals surface area contributed by atoms with Crippen molar-refractivity contribution in [2.24, 2.45) is 0 Å². The van der Waals surface area contributed by atoms with Crippen molar-refractivity contribution in [3.05, 3.63) is 35.5 Å². The molecule has 7 heteroatoms. The molecule has 126 valence electrons. The van der Waals surface area contributed by atoms with Crippen LogP contribution in [0, 0.1) is 0 Å². The van der Waals surface area contributed by atoms with Gasteiger partial charge in [0, 0.05) is 33.5 Å². The van der Waals surface area contributed by atoms with E-state index in [9.17, 15) is 14.4 Å². The van der Waals surface area contributed by atoms with Gasteiger partial charge in [-0.3, -0.25) is 4.79 Å². The zero-order chi connectivity index (χ0) is 17.5. The lowest BCUT2D eigenvalue weighted by Crippen LogP contribution is -2.42. The number of esters is 2. The smallest absolute Gasteiger partial charge is 0.350 e. The van der Waals surface area contributed by atoms with Crippen LogP contribution in [-0.2, 0) is 30.3 Å². The van der Waals surface area contributed by atoms with Crippen molar-refractivity contribution in [1.82, 2.24) is 0 Å². The number of anilines is 2. The van der Waals surface area contributed by atoms with Gasteiger partial charge in [-0.15, -0.1) is 0 Å². The van der Waals surface area contributed by atoms with E-state index in [1.807, 2.05) is 12.1 Å². The third-order valence-corrected chi connectivity index (χ3v) is 3.86. The molecule has 0 radical (unpaired) electrons. The van der Waals surface area contributed by atoms with Crippen LogP contribution in [0.1, 0.15) is 26.3 Å². The zero-order valence-electron chi connectivity index (χ0n) is 13.7. The molecule has 0 bridgehead atoms. The normalized spacial score (nSPS) is 18.6. The Morgan fingerprint density at radius 2 is 1.92 bits per heavy atom. The van der Waals surface area contributed by atoms with E-state index in [1.165, 1.54) is 27.0 Å². The Balaban J connectivity index is 1.88. The predicted octanol–water partition coefficient (Wildman–Crippen LogP) is 1.73. The van der Waals surface area contributed by atoms with Crippen molar-refractivity contribution < 1.29 is 23.9 Å². The quantitative estimate of drug-likeness (QED) is 0.505. The van der Waals surface area contributed by atoms with Crippen LogP contribution in [-0.4, -0.2) is 30.2 Å². The summed E-state index contributed by atoms with van der Waals surface area (Å²) in [5.74, 6) is -2.83. The molecule has 24 heavy (non-hydrogen) atoms. The molecular formula is C17H18N2O5. The van der Waals surface area contributed by atoms with E-state index in [4.69, 9.17) is 9.47 Å². The largest absolute Gasteiger partial charge is 0.419 e. The minimum atomic E-state index is -1.27. The van der Waals surface area contributed by atoms with E-state index in [1.54, 1.807) is 11.0 Å². The van der Waals surface area contributed by atoms with Gasteiger partial charge in [0.25, 0.3) is 5.79 Å². The summed E-state index contributed by atoms with van der Waals surface area (Å²) in [6, 6.07) is 5.58. The Labute approximate surface area is 139 Å². The van der Waals surface area contributed by atoms with Gasteiger partial charge in [0.15, 0.2) is 5.57 Å². The van der Waals surface area contributed by atoms with E-state index >= 15 is 0 Å². The first kappa shape index (κ1) is 16.0. The van der Waals surface area contributed by atoms with Gasteiger partial charge in [-0.2, -0.15) is 0 Å². The summed E-state index contributed by atoms with van der Waals surface area (Å²) in [4.78, 5) is 37.3. The maximum atomic E-state index is 12.0. The summed E-state index contributed by atoms with van der Waals surface area (Å²) in [5.41, 5.74) is 2.21. The SMILES string of the molecule is CC(=O)N1CCc2cccc(NC=C3C(=O)OC(C)(C)OC3=O)c21. The standard InChI is InChI=1S/C17H18N2O5/c1-10(20)19-8-7-11-5-4-6-13(14(11)19)18-9-12-15(21)23-17(2,3)24-16(12)22/h4-6,9,18H,7-8H2,1-3H3. The van der Waals surface area contributed by atoms with E-state index in [0.717, 1.165) is 17.7 Å². The Bertz CT molecular complexity index is 744. The van der Waals surface area contributed by atoms with Crippen LogP contribution in [0.15, 0.2) is 30.0 Å². The lowest BCUT2D eigenvalue weighted by atomic mass is 10.1. The van der Waals surface area contributed by atoms with Crippen molar-refractivity contribution in [3.8, 4) is 0 Å². The topological polar surface area (TPSA) is 84.9 Å². The number of nitrogens with one attached hydrogen (secondary N) is 1. The summed E-state index contributed by atoms with van der Waals surface area (Å²) < 4.78 is 10.1. The second-order valence-electron chi connectivity index (χ2n) is 6.12. The van der Waals surface area contributed by atoms with Gasteiger partial charge in [-0.05, 0) is 18.1 Å². The van der Waals surface area contributed by atoms with Gasteiger partial charge in [-0.1, -0.05) is 12.1 Å². The first-order valence-electron chi connectivity index (χ1n) is 7.62. The fourth-order valence-electron chi connectivity index (χ4n) is 2.82. The second kappa shape index (κ2) is 5.67. The highest BCUT2D eigenvalue weighted by molar-refractivity contribution is 6.15. The van der Waals surface area contributed by atoms with Crippen LogP contribution in [0.2, 0.25) is 0 Å². The summed E-state index contributed by atoms with van der Waals surface area (Å²) in [6.45, 7) is 5.09. The lowest BCUT2D eigenvalue weighted by molar-refractivity contribution is -0.222. The number of fused-ring (bicyclic) bond motifs is 1. The fourth-order valence-corrected chi connectivity index (χ4v) is 2.82. The van der Waals surface area contributed by atoms with Crippen molar-refractivity contribution in [3.63, 3.8) is 0 Å². The molecule has 0 unspecified atom stereocenters. The number of rotatable bonds is 2. The predicted molar refractivity (Wildman–Crippen MR) is 86.1 cm³/mol. The molecule has 1 aromatic carbocycles. The number of carbonyl (C=O) groups is 3. The number of amides is 1. The third-order valence-electron chi connectivity index (χ3n) is 3.86. The Morgan fingerprint density at radius 3 is 2.54 bits per heavy atom. The molecule has 0 spiro atoms. The van der Waals surface area contributed by atoms with E-state index in [0.29, 0.717) is 12.2 Å². The summed E-state index contributed by atoms with van der Waals surface area (Å²) >= 11 is 0. The first-order valence-corrected chi connectivity index (χ1v) is 7.62. The van der Waals surface area contributed by atoms with Gasteiger partial charge < -0.3 is 19.7 Å². The number of hydrogen-bond donors (Lipinski definition) is 1. The van der Waals surface area contributed by atoms with Crippen LogP contribution in [0.5, 0.6) is 0 Å². The van der Waals surface area contributed by atoms with Crippen LogP contribution < -0.4 is 10.2 Å². The highest BCUT2D eigenvalue weighted by Crippen LogP contribution is 2.35. The molecule has 1 amide bonds. The maximum Gasteiger partial charge on any atom is 0.350 e. The van der Waals surface area contributed by atoms with Gasteiger partial charge >= 0.3 is 11.9 Å². The number of para-hydroxylation sites is 1. The molecule has 2 aliphatic rings. The first-order chi connectivity index (χ1) is 11.3. The summed E-state index contributed by atoms with van der Waals surface area (Å²) in [7, 11) is 0. The lowest BCUT2D eigenvalue weighted by Gasteiger charge is -2.29. The number of nitrogens with zero attached hydrogens (tertiary/aromatic N) is 1. The van der Waals surface area contributed by atoms with Crippen LogP contribution in [0.25, 0.3) is 0 Å². The summed E-state index contributed by atoms with van der Waals surface area (Å²) in [5, 5.41) is 2.93. The molecule has 1 N–H and O–H groups in total. The van der Waals surface area contributed by atoms with Crippen LogP contribution in [0.4, 0.5) is 11.4 Å². The van der Waals surface area contributed by atoms with E-state index in [2.05, 4.69) is 5.32 Å². The van der Waals surface area contributed by atoms with Crippen molar-refractivity contribution in [1.29, 1.82) is 0 Å². The maximum absolute atomic E-state index is 12.0. The fraction of sp³-hybridized carbons (Fsp3) is 0.353. The molecule has 1 fully saturated rings. The average molecular weight is 330 g/mol. The molecule has 0 atom stereocenters. The monoisotopic (exact) mass is 330 g/mol. The zero-order valence-corrected chi connectivity index (χ0v) is 13.7. The van der Waals surface area contributed by atoms with Gasteiger partial charge in [0.2, 0.25) is 5.91 Å². The number of carbonyl (C=O) groups excluding carboxylic acids is 3. The minimum absolute atomic E-state index is 0.0612. The Morgan fingerprint density at radius 1 is 1.25 bits per heavy atom. The molecular weight excluding hydrogens is 312 g/mol. The van der Waals surface area contributed by atoms with Crippen molar-refractivity contribution >= 4 is 29.2 Å². The molecule has 2 heterocycles. The molecule has 0 aromatic heterocycles. The van der Waals surface area contributed by atoms with Gasteiger partial charge in [0.05, 0.1) is 11.4 Å². The van der Waals surface area contributed by atoms with Gasteiger partial charge in [0.1, 0.15) is 0 Å². The van der Waals surface area contributed by atoms with Crippen LogP contribution in [0.3, 0.4) is 0 Å². The highest BCUT2D eigenvalue weighted by atomic mass is 16.7. The highest BCUT2D eigenvalue weighted by Gasteiger charge is 2.39. The van der Waals surface area contributed by atoms with Crippen molar-refractivity contribution in [2.45, 2.75) is 33.0 Å². The molecule has 0 aliphatic carbocycles. The molecule has 3 rings (SSSR count). The van der Waals surface area contributed by atoms with E-state index < -0.39 is 17.7 Å². The molecule has 0 saturated carbocycles. The number of ether oxygens (including phenoxy) is 2. The second-order valence-corrected chi connectivity index (χ2v) is 6.12. The Kier molecular flexibility index (Phi) is 3.79. The van der Waals surface area contributed by atoms with Crippen molar-refractivity contribution in [2.75, 3.05) is 16.8 Å².